The van der Waals surface area contributed by atoms with Gasteiger partial charge in [-0.15, -0.1) is 0 Å². The number of hydrogen-bond acceptors (Lipinski definition) is 6. The lowest BCUT2D eigenvalue weighted by molar-refractivity contribution is -0.140. The Hall–Kier alpha value is -3.32. The van der Waals surface area contributed by atoms with E-state index in [1.54, 1.807) is 18.2 Å². The van der Waals surface area contributed by atoms with Crippen molar-refractivity contribution in [2.45, 2.75) is 31.9 Å². The van der Waals surface area contributed by atoms with Gasteiger partial charge in [0.25, 0.3) is 11.7 Å². The standard InChI is InChI=1S/C25H25NO6/c1-15-4-6-16(7-5-15)22-21(24(28)25(29)26(22)14-18-3-2-10-30-18)23(27)17-8-9-19-20(13-17)32-12-11-31-19/h4-9,13,18,22,27H,2-3,10-12,14H2,1H3/t18-,22-/m0/s1. The molecule has 2 aromatic carbocycles. The van der Waals surface area contributed by atoms with Crippen molar-refractivity contribution in [2.75, 3.05) is 26.4 Å². The number of benzene rings is 2. The first-order valence-corrected chi connectivity index (χ1v) is 10.9. The molecule has 7 nitrogen and oxygen atoms in total. The van der Waals surface area contributed by atoms with E-state index < -0.39 is 17.7 Å². The van der Waals surface area contributed by atoms with Gasteiger partial charge < -0.3 is 24.2 Å². The largest absolute Gasteiger partial charge is 0.507 e. The highest BCUT2D eigenvalue weighted by Gasteiger charge is 2.47. The van der Waals surface area contributed by atoms with Crippen LogP contribution in [0.1, 0.15) is 35.6 Å². The highest BCUT2D eigenvalue weighted by molar-refractivity contribution is 6.46. The van der Waals surface area contributed by atoms with E-state index in [2.05, 4.69) is 0 Å². The van der Waals surface area contributed by atoms with Crippen molar-refractivity contribution in [3.05, 3.63) is 64.7 Å². The number of ether oxygens (including phenoxy) is 3. The summed E-state index contributed by atoms with van der Waals surface area (Å²) in [7, 11) is 0. The van der Waals surface area contributed by atoms with Gasteiger partial charge in [-0.3, -0.25) is 9.59 Å². The Balaban J connectivity index is 1.60. The third-order valence-corrected chi connectivity index (χ3v) is 6.17. The molecular weight excluding hydrogens is 410 g/mol. The summed E-state index contributed by atoms with van der Waals surface area (Å²) in [6.45, 7) is 3.80. The van der Waals surface area contributed by atoms with Gasteiger partial charge in [0, 0.05) is 18.7 Å². The monoisotopic (exact) mass is 435 g/mol. The molecule has 0 aromatic heterocycles. The first-order chi connectivity index (χ1) is 15.5. The molecule has 1 N–H and O–H groups in total. The van der Waals surface area contributed by atoms with Crippen molar-refractivity contribution in [1.29, 1.82) is 0 Å². The molecule has 0 aliphatic carbocycles. The van der Waals surface area contributed by atoms with E-state index in [9.17, 15) is 14.7 Å². The summed E-state index contributed by atoms with van der Waals surface area (Å²) in [6.07, 6.45) is 1.66. The lowest BCUT2D eigenvalue weighted by Crippen LogP contribution is -2.36. The van der Waals surface area contributed by atoms with Crippen LogP contribution in [0, 0.1) is 6.92 Å². The number of likely N-dealkylation sites (tertiary alicyclic amines) is 1. The average Bonchev–Trinajstić information content (AvgIpc) is 3.41. The number of aryl methyl sites for hydroxylation is 1. The number of Topliss-reactive ketones (excluding diaryl/α,β-unsaturated/α-hetero) is 1. The molecule has 0 bridgehead atoms. The molecule has 2 aromatic rings. The first-order valence-electron chi connectivity index (χ1n) is 10.9. The van der Waals surface area contributed by atoms with Gasteiger partial charge in [0.1, 0.15) is 19.0 Å². The molecule has 3 aliphatic rings. The number of carbonyl (C=O) groups excluding carboxylic acids is 2. The van der Waals surface area contributed by atoms with Gasteiger partial charge in [-0.05, 0) is 43.5 Å². The fourth-order valence-electron chi connectivity index (χ4n) is 4.52. The van der Waals surface area contributed by atoms with Crippen LogP contribution in [0.2, 0.25) is 0 Å². The number of nitrogens with zero attached hydrogens (tertiary/aromatic N) is 1. The summed E-state index contributed by atoms with van der Waals surface area (Å²) in [6, 6.07) is 12.0. The van der Waals surface area contributed by atoms with E-state index in [4.69, 9.17) is 14.2 Å². The van der Waals surface area contributed by atoms with E-state index in [1.807, 2.05) is 31.2 Å². The summed E-state index contributed by atoms with van der Waals surface area (Å²) in [5.74, 6) is -0.450. The molecular formula is C25H25NO6. The van der Waals surface area contributed by atoms with Gasteiger partial charge in [0.2, 0.25) is 0 Å². The highest BCUT2D eigenvalue weighted by atomic mass is 16.6. The van der Waals surface area contributed by atoms with Crippen molar-refractivity contribution in [2.24, 2.45) is 0 Å². The molecule has 0 radical (unpaired) electrons. The van der Waals surface area contributed by atoms with E-state index >= 15 is 0 Å². The molecule has 3 aliphatic heterocycles. The molecule has 0 spiro atoms. The van der Waals surface area contributed by atoms with Crippen LogP contribution in [-0.2, 0) is 14.3 Å². The zero-order valence-electron chi connectivity index (χ0n) is 17.9. The second kappa shape index (κ2) is 8.31. The Kier molecular flexibility index (Phi) is 5.35. The Morgan fingerprint density at radius 2 is 1.78 bits per heavy atom. The van der Waals surface area contributed by atoms with E-state index in [0.717, 1.165) is 24.0 Å². The van der Waals surface area contributed by atoms with Crippen molar-refractivity contribution in [3.8, 4) is 11.5 Å². The SMILES string of the molecule is Cc1ccc([C@H]2C(=C(O)c3ccc4c(c3)OCCO4)C(=O)C(=O)N2C[C@@H]2CCCO2)cc1. The number of aliphatic hydroxyl groups is 1. The lowest BCUT2D eigenvalue weighted by atomic mass is 9.94. The van der Waals surface area contributed by atoms with E-state index in [-0.39, 0.29) is 17.4 Å². The maximum absolute atomic E-state index is 13.1. The third-order valence-electron chi connectivity index (χ3n) is 6.17. The Labute approximate surface area is 186 Å². The second-order valence-corrected chi connectivity index (χ2v) is 8.36. The smallest absolute Gasteiger partial charge is 0.295 e. The van der Waals surface area contributed by atoms with Gasteiger partial charge in [0.15, 0.2) is 11.5 Å². The molecule has 2 fully saturated rings. The van der Waals surface area contributed by atoms with Gasteiger partial charge >= 0.3 is 0 Å². The van der Waals surface area contributed by atoms with Crippen molar-refractivity contribution < 1.29 is 28.9 Å². The van der Waals surface area contributed by atoms with Crippen molar-refractivity contribution >= 4 is 17.4 Å². The normalized spacial score (nSPS) is 24.2. The van der Waals surface area contributed by atoms with Crippen LogP contribution in [-0.4, -0.2) is 54.2 Å². The zero-order chi connectivity index (χ0) is 22.2. The van der Waals surface area contributed by atoms with Crippen LogP contribution in [0.4, 0.5) is 0 Å². The van der Waals surface area contributed by atoms with Crippen LogP contribution in [0.3, 0.4) is 0 Å². The molecule has 0 unspecified atom stereocenters. The molecule has 1 amide bonds. The van der Waals surface area contributed by atoms with Crippen LogP contribution < -0.4 is 9.47 Å². The van der Waals surface area contributed by atoms with Crippen LogP contribution >= 0.6 is 0 Å². The Morgan fingerprint density at radius 3 is 2.50 bits per heavy atom. The summed E-state index contributed by atoms with van der Waals surface area (Å²) in [5.41, 5.74) is 2.32. The number of carbonyl (C=O) groups is 2. The number of ketones is 1. The predicted octanol–water partition coefficient (Wildman–Crippen LogP) is 3.37. The van der Waals surface area contributed by atoms with Crippen LogP contribution in [0.15, 0.2) is 48.0 Å². The summed E-state index contributed by atoms with van der Waals surface area (Å²) in [5, 5.41) is 11.2. The topological polar surface area (TPSA) is 85.3 Å². The molecule has 32 heavy (non-hydrogen) atoms. The van der Waals surface area contributed by atoms with E-state index in [0.29, 0.717) is 43.4 Å². The first kappa shape index (κ1) is 20.6. The third kappa shape index (κ3) is 3.62. The second-order valence-electron chi connectivity index (χ2n) is 8.36. The van der Waals surface area contributed by atoms with Crippen LogP contribution in [0.25, 0.3) is 5.76 Å². The highest BCUT2D eigenvalue weighted by Crippen LogP contribution is 2.41. The number of hydrogen-bond donors (Lipinski definition) is 1. The maximum Gasteiger partial charge on any atom is 0.295 e. The minimum atomic E-state index is -0.694. The summed E-state index contributed by atoms with van der Waals surface area (Å²) >= 11 is 0. The Bertz CT molecular complexity index is 1080. The maximum atomic E-state index is 13.1. The van der Waals surface area contributed by atoms with Gasteiger partial charge in [0.05, 0.1) is 17.7 Å². The lowest BCUT2D eigenvalue weighted by Gasteiger charge is -2.27. The number of aliphatic hydroxyl groups excluding tert-OH is 1. The molecule has 7 heteroatoms. The fraction of sp³-hybridized carbons (Fsp3) is 0.360. The molecule has 166 valence electrons. The minimum absolute atomic E-state index is 0.0773. The average molecular weight is 435 g/mol. The minimum Gasteiger partial charge on any atom is -0.507 e. The number of amides is 1. The fourth-order valence-corrected chi connectivity index (χ4v) is 4.52. The number of rotatable bonds is 4. The molecule has 5 rings (SSSR count). The predicted molar refractivity (Wildman–Crippen MR) is 117 cm³/mol. The van der Waals surface area contributed by atoms with Gasteiger partial charge in [-0.1, -0.05) is 29.8 Å². The number of fused-ring (bicyclic) bond motifs is 1. The molecule has 3 heterocycles. The van der Waals surface area contributed by atoms with Crippen molar-refractivity contribution in [3.63, 3.8) is 0 Å². The molecule has 0 saturated carbocycles. The van der Waals surface area contributed by atoms with Crippen LogP contribution in [0.5, 0.6) is 11.5 Å². The van der Waals surface area contributed by atoms with Gasteiger partial charge in [-0.2, -0.15) is 0 Å². The quantitative estimate of drug-likeness (QED) is 0.450. The Morgan fingerprint density at radius 1 is 1.03 bits per heavy atom. The summed E-state index contributed by atoms with van der Waals surface area (Å²) < 4.78 is 16.9. The summed E-state index contributed by atoms with van der Waals surface area (Å²) in [4.78, 5) is 27.7. The molecule has 2 atom stereocenters. The molecule has 2 saturated heterocycles. The van der Waals surface area contributed by atoms with E-state index in [1.165, 1.54) is 4.90 Å². The van der Waals surface area contributed by atoms with Crippen molar-refractivity contribution in [1.82, 2.24) is 4.90 Å². The van der Waals surface area contributed by atoms with Gasteiger partial charge in [-0.25, -0.2) is 0 Å². The zero-order valence-corrected chi connectivity index (χ0v) is 17.9.